The Morgan fingerprint density at radius 1 is 0.914 bits per heavy atom. The van der Waals surface area contributed by atoms with Crippen LogP contribution in [0, 0.1) is 30.8 Å². The molecule has 4 aliphatic rings. The highest BCUT2D eigenvalue weighted by atomic mass is 127. The molecule has 1 saturated carbocycles. The molecule has 3 aromatic rings. The first-order chi connectivity index (χ1) is 17.0. The number of nitrogens with zero attached hydrogens (tertiary/aromatic N) is 2. The highest BCUT2D eigenvalue weighted by Crippen LogP contribution is 2.49. The van der Waals surface area contributed by atoms with Crippen molar-refractivity contribution in [2.24, 2.45) is 28.8 Å². The summed E-state index contributed by atoms with van der Waals surface area (Å²) in [6.07, 6.45) is 7.82. The molecule has 1 heterocycles. The van der Waals surface area contributed by atoms with Gasteiger partial charge in [0.15, 0.2) is 0 Å². The number of halogens is 2. The van der Waals surface area contributed by atoms with Gasteiger partial charge in [0.25, 0.3) is 11.8 Å². The van der Waals surface area contributed by atoms with Crippen LogP contribution in [0.25, 0.3) is 10.8 Å². The fourth-order valence-corrected chi connectivity index (χ4v) is 7.78. The minimum atomic E-state index is -0.242. The zero-order valence-corrected chi connectivity index (χ0v) is 23.0. The number of ether oxygens (including phenoxy) is 1. The Kier molecular flexibility index (Phi) is 6.16. The summed E-state index contributed by atoms with van der Waals surface area (Å²) in [6.45, 7) is 0.469. The van der Waals surface area contributed by atoms with Crippen molar-refractivity contribution >= 4 is 74.0 Å². The molecule has 3 aromatic carbocycles. The maximum Gasteiger partial charge on any atom is 0.254 e. The second-order valence-corrected chi connectivity index (χ2v) is 11.6. The van der Waals surface area contributed by atoms with Crippen LogP contribution in [0.15, 0.2) is 71.9 Å². The predicted octanol–water partition coefficient (Wildman–Crippen LogP) is 6.16. The van der Waals surface area contributed by atoms with Crippen LogP contribution in [0.1, 0.15) is 24.0 Å². The van der Waals surface area contributed by atoms with Gasteiger partial charge in [-0.3, -0.25) is 9.59 Å². The van der Waals surface area contributed by atoms with Crippen LogP contribution in [-0.2, 0) is 16.2 Å². The van der Waals surface area contributed by atoms with Crippen LogP contribution in [0.5, 0.6) is 5.75 Å². The smallest absolute Gasteiger partial charge is 0.254 e. The Morgan fingerprint density at radius 3 is 2.20 bits per heavy atom. The number of amides is 2. The van der Waals surface area contributed by atoms with Crippen LogP contribution in [-0.4, -0.2) is 23.0 Å². The van der Waals surface area contributed by atoms with Crippen LogP contribution >= 0.6 is 45.2 Å². The Labute approximate surface area is 230 Å². The van der Waals surface area contributed by atoms with Crippen molar-refractivity contribution in [3.8, 4) is 5.75 Å². The summed E-state index contributed by atoms with van der Waals surface area (Å²) in [5.41, 5.74) is 1.96. The maximum atomic E-state index is 13.0. The lowest BCUT2D eigenvalue weighted by Crippen LogP contribution is -2.38. The largest absolute Gasteiger partial charge is 0.487 e. The van der Waals surface area contributed by atoms with Crippen LogP contribution < -0.4 is 4.74 Å². The lowest BCUT2D eigenvalue weighted by molar-refractivity contribution is -0.140. The van der Waals surface area contributed by atoms with E-state index in [1.807, 2.05) is 24.3 Å². The number of allylic oxidation sites excluding steroid dienone is 2. The van der Waals surface area contributed by atoms with E-state index in [0.717, 1.165) is 41.9 Å². The highest BCUT2D eigenvalue weighted by Gasteiger charge is 2.56. The number of carbonyl (C=O) groups excluding carboxylic acids is 2. The first-order valence-corrected chi connectivity index (χ1v) is 13.9. The second-order valence-electron chi connectivity index (χ2n) is 9.31. The molecule has 4 atom stereocenters. The number of fused-ring (bicyclic) bond motifs is 2. The molecular weight excluding hydrogens is 666 g/mol. The average molecular weight is 688 g/mol. The second kappa shape index (κ2) is 9.31. The molecule has 0 spiro atoms. The highest BCUT2D eigenvalue weighted by molar-refractivity contribution is 14.1. The van der Waals surface area contributed by atoms with Crippen molar-refractivity contribution in [3.05, 3.63) is 85.0 Å². The summed E-state index contributed by atoms with van der Waals surface area (Å²) in [4.78, 5) is 26.0. The number of hydrogen-bond donors (Lipinski definition) is 0. The van der Waals surface area contributed by atoms with Gasteiger partial charge in [-0.15, -0.1) is 0 Å². The summed E-state index contributed by atoms with van der Waals surface area (Å²) in [5.74, 6) is 0.355. The van der Waals surface area contributed by atoms with Crippen molar-refractivity contribution in [2.75, 3.05) is 0 Å². The van der Waals surface area contributed by atoms with Gasteiger partial charge in [0.2, 0.25) is 0 Å². The van der Waals surface area contributed by atoms with Gasteiger partial charge in [-0.1, -0.05) is 54.6 Å². The number of imide groups is 1. The minimum Gasteiger partial charge on any atom is -0.487 e. The van der Waals surface area contributed by atoms with Crippen LogP contribution in [0.3, 0.4) is 0 Å². The Hall–Kier alpha value is -2.27. The third kappa shape index (κ3) is 4.10. The predicted molar refractivity (Wildman–Crippen MR) is 152 cm³/mol. The Bertz CT molecular complexity index is 1360. The van der Waals surface area contributed by atoms with Crippen molar-refractivity contribution in [2.45, 2.75) is 19.4 Å². The number of rotatable bonds is 5. The van der Waals surface area contributed by atoms with Gasteiger partial charge in [-0.2, -0.15) is 10.1 Å². The summed E-state index contributed by atoms with van der Waals surface area (Å²) in [7, 11) is 0. The van der Waals surface area contributed by atoms with Crippen molar-refractivity contribution < 1.29 is 14.3 Å². The van der Waals surface area contributed by atoms with Gasteiger partial charge < -0.3 is 4.74 Å². The summed E-state index contributed by atoms with van der Waals surface area (Å²) in [6, 6.07) is 18.5. The van der Waals surface area contributed by atoms with E-state index >= 15 is 0 Å². The van der Waals surface area contributed by atoms with E-state index in [2.05, 4.69) is 92.8 Å². The lowest BCUT2D eigenvalue weighted by Gasteiger charge is -2.37. The molecule has 3 aliphatic carbocycles. The molecule has 0 aromatic heterocycles. The van der Waals surface area contributed by atoms with Crippen LogP contribution in [0.2, 0.25) is 0 Å². The van der Waals surface area contributed by atoms with Crippen molar-refractivity contribution in [1.29, 1.82) is 0 Å². The SMILES string of the molecule is O=C1[C@H]2[C@H](C(=O)N1/N=C\c1cc(I)c(OCc3cccc4ccccc34)c(I)c1)[C@@H]1C=C[C@@H]2CC1. The number of hydrogen-bond acceptors (Lipinski definition) is 4. The van der Waals surface area contributed by atoms with Gasteiger partial charge in [0, 0.05) is 0 Å². The van der Waals surface area contributed by atoms with Gasteiger partial charge in [-0.05, 0) is 104 Å². The van der Waals surface area contributed by atoms with E-state index in [-0.39, 0.29) is 35.5 Å². The van der Waals surface area contributed by atoms with Gasteiger partial charge in [0.05, 0.1) is 25.2 Å². The van der Waals surface area contributed by atoms with E-state index < -0.39 is 0 Å². The Balaban J connectivity index is 1.20. The summed E-state index contributed by atoms with van der Waals surface area (Å²) >= 11 is 4.52. The fourth-order valence-electron chi connectivity index (χ4n) is 5.66. The van der Waals surface area contributed by atoms with Crippen molar-refractivity contribution in [1.82, 2.24) is 5.01 Å². The molecule has 7 heteroatoms. The normalized spacial score (nSPS) is 25.1. The monoisotopic (exact) mass is 688 g/mol. The molecule has 7 rings (SSSR count). The minimum absolute atomic E-state index is 0.158. The van der Waals surface area contributed by atoms with Crippen LogP contribution in [0.4, 0.5) is 0 Å². The molecule has 1 aliphatic heterocycles. The summed E-state index contributed by atoms with van der Waals surface area (Å²) in [5, 5.41) is 7.84. The quantitative estimate of drug-likeness (QED) is 0.140. The topological polar surface area (TPSA) is 59.0 Å². The molecule has 2 bridgehead atoms. The van der Waals surface area contributed by atoms with Crippen molar-refractivity contribution in [3.63, 3.8) is 0 Å². The lowest BCUT2D eigenvalue weighted by atomic mass is 9.63. The molecule has 35 heavy (non-hydrogen) atoms. The molecule has 2 fully saturated rings. The maximum absolute atomic E-state index is 13.0. The zero-order chi connectivity index (χ0) is 24.1. The zero-order valence-electron chi connectivity index (χ0n) is 18.7. The van der Waals surface area contributed by atoms with Gasteiger partial charge in [-0.25, -0.2) is 0 Å². The van der Waals surface area contributed by atoms with E-state index in [9.17, 15) is 9.59 Å². The first-order valence-electron chi connectivity index (χ1n) is 11.7. The summed E-state index contributed by atoms with van der Waals surface area (Å²) < 4.78 is 8.14. The van der Waals surface area contributed by atoms with E-state index in [0.29, 0.717) is 6.61 Å². The van der Waals surface area contributed by atoms with E-state index in [1.165, 1.54) is 10.8 Å². The number of benzene rings is 3. The third-order valence-corrected chi connectivity index (χ3v) is 8.93. The molecule has 0 unspecified atom stereocenters. The Morgan fingerprint density at radius 2 is 1.54 bits per heavy atom. The molecule has 176 valence electrons. The van der Waals surface area contributed by atoms with Gasteiger partial charge >= 0.3 is 0 Å². The van der Waals surface area contributed by atoms with Gasteiger partial charge in [0.1, 0.15) is 12.4 Å². The van der Waals surface area contributed by atoms with E-state index in [4.69, 9.17) is 4.74 Å². The number of carbonyl (C=O) groups is 2. The first kappa shape index (κ1) is 23.1. The number of hydrazone groups is 1. The molecule has 0 radical (unpaired) electrons. The molecule has 5 nitrogen and oxygen atoms in total. The van der Waals surface area contributed by atoms with E-state index in [1.54, 1.807) is 6.21 Å². The third-order valence-electron chi connectivity index (χ3n) is 7.33. The molecule has 0 N–H and O–H groups in total. The molecule has 2 amide bonds. The standard InChI is InChI=1S/C28H22I2N2O3/c29-22-12-16(14-31-32-27(33)24-18-8-9-19(11-10-18)25(24)28(32)34)13-23(30)26(22)35-15-20-6-3-5-17-4-1-2-7-21(17)20/h1-9,12-14,18-19,24-25H,10-11,15H2/b31-14-/t18-,19-,24-,25-/m1/s1. The fraction of sp³-hybridized carbons (Fsp3) is 0.250. The average Bonchev–Trinajstić information content (AvgIpc) is 3.14. The molecular formula is C28H22I2N2O3. The molecule has 1 saturated heterocycles.